The van der Waals surface area contributed by atoms with Gasteiger partial charge in [-0.1, -0.05) is 45.0 Å². The monoisotopic (exact) mass is 376 g/mol. The molecule has 2 aromatic carbocycles. The molecule has 1 aliphatic carbocycles. The zero-order valence-electron chi connectivity index (χ0n) is 15.8. The van der Waals surface area contributed by atoms with Crippen LogP contribution in [0.4, 0.5) is 0 Å². The van der Waals surface area contributed by atoms with Crippen LogP contribution in [-0.4, -0.2) is 15.3 Å². The molecular weight excluding hydrogens is 356 g/mol. The van der Waals surface area contributed by atoms with Gasteiger partial charge in [0.05, 0.1) is 0 Å². The average molecular weight is 376 g/mol. The van der Waals surface area contributed by atoms with Crippen LogP contribution in [0.1, 0.15) is 26.3 Å². The van der Waals surface area contributed by atoms with E-state index in [0.717, 1.165) is 11.1 Å². The molecule has 0 fully saturated rings. The van der Waals surface area contributed by atoms with Crippen LogP contribution < -0.4 is 5.43 Å². The first-order valence-electron chi connectivity index (χ1n) is 8.91. The van der Waals surface area contributed by atoms with Gasteiger partial charge in [-0.25, -0.2) is 0 Å². The molecule has 28 heavy (non-hydrogen) atoms. The van der Waals surface area contributed by atoms with Crippen LogP contribution in [0.2, 0.25) is 0 Å². The molecule has 142 valence electrons. The maximum Gasteiger partial charge on any atom is 0.223 e. The fourth-order valence-corrected chi connectivity index (χ4v) is 3.38. The normalized spacial score (nSPS) is 12.0. The lowest BCUT2D eigenvalue weighted by atomic mass is 9.85. The molecule has 2 aliphatic rings. The Balaban J connectivity index is 2.10. The molecule has 5 nitrogen and oxygen atoms in total. The van der Waals surface area contributed by atoms with Crippen molar-refractivity contribution in [2.45, 2.75) is 26.2 Å². The number of hydrogen-bond donors (Lipinski definition) is 3. The highest BCUT2D eigenvalue weighted by Gasteiger charge is 2.21. The van der Waals surface area contributed by atoms with E-state index in [0.29, 0.717) is 22.1 Å². The third kappa shape index (κ3) is 2.85. The number of aromatic hydroxyl groups is 3. The Hall–Kier alpha value is -3.47. The summed E-state index contributed by atoms with van der Waals surface area (Å²) in [6, 6.07) is 13.3. The van der Waals surface area contributed by atoms with Crippen LogP contribution in [0, 0.1) is 0 Å². The topological polar surface area (TPSA) is 90.9 Å². The lowest BCUT2D eigenvalue weighted by molar-refractivity contribution is 0.404. The highest BCUT2D eigenvalue weighted by Crippen LogP contribution is 2.44. The molecule has 0 atom stereocenters. The Bertz CT molecular complexity index is 1230. The van der Waals surface area contributed by atoms with Crippen LogP contribution in [0.15, 0.2) is 57.7 Å². The van der Waals surface area contributed by atoms with Gasteiger partial charge in [-0.15, -0.1) is 0 Å². The molecular formula is C23H20O5. The quantitative estimate of drug-likeness (QED) is 0.322. The highest BCUT2D eigenvalue weighted by molar-refractivity contribution is 6.03. The smallest absolute Gasteiger partial charge is 0.223 e. The molecule has 0 unspecified atom stereocenters. The van der Waals surface area contributed by atoms with E-state index in [9.17, 15) is 20.1 Å². The molecule has 4 rings (SSSR count). The summed E-state index contributed by atoms with van der Waals surface area (Å²) in [4.78, 5) is 11.9. The van der Waals surface area contributed by atoms with Crippen molar-refractivity contribution in [3.63, 3.8) is 0 Å². The molecule has 0 spiro atoms. The minimum Gasteiger partial charge on any atom is -0.504 e. The Labute approximate surface area is 161 Å². The van der Waals surface area contributed by atoms with Crippen molar-refractivity contribution in [3.8, 4) is 39.7 Å². The predicted molar refractivity (Wildman–Crippen MR) is 108 cm³/mol. The van der Waals surface area contributed by atoms with Gasteiger partial charge in [0.25, 0.3) is 0 Å². The largest absolute Gasteiger partial charge is 0.504 e. The van der Waals surface area contributed by atoms with E-state index in [1.54, 1.807) is 0 Å². The zero-order valence-corrected chi connectivity index (χ0v) is 15.8. The van der Waals surface area contributed by atoms with E-state index >= 15 is 0 Å². The van der Waals surface area contributed by atoms with E-state index in [4.69, 9.17) is 4.42 Å². The number of rotatable bonds is 1. The maximum atomic E-state index is 11.9. The maximum absolute atomic E-state index is 11.9. The fraction of sp³-hybridized carbons (Fsp3) is 0.174. The Kier molecular flexibility index (Phi) is 3.85. The molecule has 0 saturated heterocycles. The summed E-state index contributed by atoms with van der Waals surface area (Å²) in [5.74, 6) is -0.682. The predicted octanol–water partition coefficient (Wildman–Crippen LogP) is 4.98. The van der Waals surface area contributed by atoms with Crippen molar-refractivity contribution in [3.05, 3.63) is 64.3 Å². The third-order valence-corrected chi connectivity index (χ3v) is 4.94. The van der Waals surface area contributed by atoms with Crippen LogP contribution in [-0.2, 0) is 5.41 Å². The van der Waals surface area contributed by atoms with Gasteiger partial charge in [0.15, 0.2) is 17.2 Å². The zero-order chi connectivity index (χ0) is 20.2. The molecule has 0 amide bonds. The van der Waals surface area contributed by atoms with Crippen molar-refractivity contribution < 1.29 is 19.7 Å². The first-order chi connectivity index (χ1) is 13.1. The summed E-state index contributed by atoms with van der Waals surface area (Å²) in [6.45, 7) is 6.38. The number of fused-ring (bicyclic) bond motifs is 2. The summed E-state index contributed by atoms with van der Waals surface area (Å²) in [5.41, 5.74) is 3.00. The Morgan fingerprint density at radius 2 is 1.46 bits per heavy atom. The first-order valence-corrected chi connectivity index (χ1v) is 8.91. The minimum atomic E-state index is -0.548. The number of hydrogen-bond acceptors (Lipinski definition) is 5. The van der Waals surface area contributed by atoms with Crippen LogP contribution in [0.3, 0.4) is 0 Å². The van der Waals surface area contributed by atoms with E-state index in [1.165, 1.54) is 24.3 Å². The second-order valence-electron chi connectivity index (χ2n) is 7.96. The van der Waals surface area contributed by atoms with E-state index in [-0.39, 0.29) is 28.4 Å². The van der Waals surface area contributed by atoms with Crippen LogP contribution >= 0.6 is 0 Å². The van der Waals surface area contributed by atoms with Gasteiger partial charge in [-0.3, -0.25) is 4.79 Å². The van der Waals surface area contributed by atoms with E-state index in [1.807, 2.05) is 24.3 Å². The molecule has 3 N–H and O–H groups in total. The molecule has 1 heterocycles. The standard InChI is InChI=1S/C23H20O5/c1-23(2,3)13-6-4-12(5-7-13)22-14-8-16(24)18(26)10-20(14)28-21-11-19(27)17(25)9-15(21)22/h4-11,24-26H,1-3H3. The van der Waals surface area contributed by atoms with Gasteiger partial charge in [0, 0.05) is 28.6 Å². The first kappa shape index (κ1) is 17.9. The number of benzene rings is 3. The second-order valence-corrected chi connectivity index (χ2v) is 7.96. The van der Waals surface area contributed by atoms with Crippen molar-refractivity contribution in [1.82, 2.24) is 0 Å². The third-order valence-electron chi connectivity index (χ3n) is 4.94. The molecule has 0 aromatic heterocycles. The Morgan fingerprint density at radius 3 is 2.11 bits per heavy atom. The van der Waals surface area contributed by atoms with Gasteiger partial charge in [-0.05, 0) is 28.7 Å². The van der Waals surface area contributed by atoms with Crippen molar-refractivity contribution in [2.75, 3.05) is 0 Å². The Morgan fingerprint density at radius 1 is 0.821 bits per heavy atom. The van der Waals surface area contributed by atoms with E-state index in [2.05, 4.69) is 20.8 Å². The van der Waals surface area contributed by atoms with Crippen LogP contribution in [0.25, 0.3) is 33.4 Å². The van der Waals surface area contributed by atoms with Gasteiger partial charge < -0.3 is 19.7 Å². The second kappa shape index (κ2) is 6.02. The van der Waals surface area contributed by atoms with Crippen molar-refractivity contribution in [2.24, 2.45) is 0 Å². The highest BCUT2D eigenvalue weighted by atomic mass is 16.3. The van der Waals surface area contributed by atoms with Crippen LogP contribution in [0.5, 0.6) is 17.2 Å². The molecule has 2 aromatic rings. The molecule has 5 heteroatoms. The van der Waals surface area contributed by atoms with Gasteiger partial charge in [0.2, 0.25) is 5.43 Å². The van der Waals surface area contributed by atoms with Crippen molar-refractivity contribution >= 4 is 11.0 Å². The summed E-state index contributed by atoms with van der Waals surface area (Å²) < 4.78 is 5.78. The van der Waals surface area contributed by atoms with Gasteiger partial charge in [0.1, 0.15) is 11.3 Å². The molecule has 1 aliphatic heterocycles. The SMILES string of the molecule is CC(C)(C)c1ccc(-c2c3cc(O)c(=O)cc-3oc3cc(O)c(O)cc23)cc1. The summed E-state index contributed by atoms with van der Waals surface area (Å²) in [5, 5.41) is 30.4. The number of phenolic OH excluding ortho intramolecular Hbond substituents is 3. The summed E-state index contributed by atoms with van der Waals surface area (Å²) in [6.07, 6.45) is 0. The lowest BCUT2D eigenvalue weighted by Gasteiger charge is -2.20. The van der Waals surface area contributed by atoms with E-state index < -0.39 is 5.43 Å². The number of phenols is 3. The van der Waals surface area contributed by atoms with Crippen molar-refractivity contribution in [1.29, 1.82) is 0 Å². The van der Waals surface area contributed by atoms with Gasteiger partial charge in [-0.2, -0.15) is 0 Å². The fourth-order valence-electron chi connectivity index (χ4n) is 3.38. The minimum absolute atomic E-state index is 0.00548. The molecule has 0 bridgehead atoms. The van der Waals surface area contributed by atoms with Gasteiger partial charge >= 0.3 is 0 Å². The summed E-state index contributed by atoms with van der Waals surface area (Å²) >= 11 is 0. The summed E-state index contributed by atoms with van der Waals surface area (Å²) in [7, 11) is 0. The average Bonchev–Trinajstić information content (AvgIpc) is 2.62. The molecule has 0 saturated carbocycles. The molecule has 0 radical (unpaired) electrons. The lowest BCUT2D eigenvalue weighted by Crippen LogP contribution is -2.10.